The molecule has 9 heteroatoms. The topological polar surface area (TPSA) is 87.2 Å². The summed E-state index contributed by atoms with van der Waals surface area (Å²) in [6.45, 7) is 3.50. The highest BCUT2D eigenvalue weighted by Gasteiger charge is 2.64. The molecule has 0 aromatic heterocycles. The molecule has 4 aliphatic rings. The molecule has 0 radical (unpaired) electrons. The Morgan fingerprint density at radius 2 is 2.07 bits per heavy atom. The summed E-state index contributed by atoms with van der Waals surface area (Å²) in [5, 5.41) is 0. The number of nitrogens with zero attached hydrogens (tertiary/aromatic N) is 3. The first-order chi connectivity index (χ1) is 13.3. The van der Waals surface area contributed by atoms with Crippen LogP contribution in [0.3, 0.4) is 0 Å². The van der Waals surface area contributed by atoms with Crippen LogP contribution in [0.5, 0.6) is 0 Å². The van der Waals surface area contributed by atoms with Crippen LogP contribution in [-0.2, 0) is 30.8 Å². The molecule has 0 unspecified atom stereocenters. The highest BCUT2D eigenvalue weighted by atomic mass is 32.2. The Kier molecular flexibility index (Phi) is 3.88. The van der Waals surface area contributed by atoms with Gasteiger partial charge in [-0.05, 0) is 36.6 Å². The first kappa shape index (κ1) is 18.1. The summed E-state index contributed by atoms with van der Waals surface area (Å²) in [4.78, 5) is 27.8. The second-order valence-corrected chi connectivity index (χ2v) is 9.78. The number of rotatable bonds is 2. The number of hydrogen-bond donors (Lipinski definition) is 0. The van der Waals surface area contributed by atoms with E-state index in [9.17, 15) is 18.0 Å². The van der Waals surface area contributed by atoms with Crippen molar-refractivity contribution in [2.24, 2.45) is 0 Å². The van der Waals surface area contributed by atoms with Gasteiger partial charge in [-0.1, -0.05) is 0 Å². The van der Waals surface area contributed by atoms with E-state index >= 15 is 0 Å². The van der Waals surface area contributed by atoms with E-state index in [0.29, 0.717) is 32.7 Å². The summed E-state index contributed by atoms with van der Waals surface area (Å²) in [5.74, 6) is -0.0778. The van der Waals surface area contributed by atoms with Crippen molar-refractivity contribution in [2.75, 3.05) is 31.1 Å². The van der Waals surface area contributed by atoms with Crippen molar-refractivity contribution in [1.82, 2.24) is 9.21 Å². The average molecular weight is 405 g/mol. The van der Waals surface area contributed by atoms with E-state index in [4.69, 9.17) is 4.74 Å². The molecule has 1 aromatic carbocycles. The minimum absolute atomic E-state index is 0.0371. The maximum Gasteiger partial charge on any atom is 0.243 e. The third-order valence-electron chi connectivity index (χ3n) is 6.51. The van der Waals surface area contributed by atoms with Crippen molar-refractivity contribution in [1.29, 1.82) is 0 Å². The Balaban J connectivity index is 1.50. The largest absolute Gasteiger partial charge is 0.352 e. The molecule has 0 bridgehead atoms. The van der Waals surface area contributed by atoms with Gasteiger partial charge in [-0.15, -0.1) is 0 Å². The number of sulfonamides is 1. The Morgan fingerprint density at radius 1 is 1.25 bits per heavy atom. The fourth-order valence-electron chi connectivity index (χ4n) is 5.24. The normalized spacial score (nSPS) is 29.8. The molecule has 4 aliphatic heterocycles. The van der Waals surface area contributed by atoms with Crippen molar-refractivity contribution < 1.29 is 22.7 Å². The zero-order valence-electron chi connectivity index (χ0n) is 15.8. The molecule has 28 heavy (non-hydrogen) atoms. The molecule has 0 aliphatic carbocycles. The van der Waals surface area contributed by atoms with Crippen LogP contribution in [0, 0.1) is 0 Å². The summed E-state index contributed by atoms with van der Waals surface area (Å²) in [6, 6.07) is 4.52. The molecule has 2 atom stereocenters. The highest BCUT2D eigenvalue weighted by Crippen LogP contribution is 2.47. The molecule has 5 rings (SSSR count). The van der Waals surface area contributed by atoms with Gasteiger partial charge in [0.1, 0.15) is 0 Å². The van der Waals surface area contributed by atoms with E-state index in [1.54, 1.807) is 28.0 Å². The smallest absolute Gasteiger partial charge is 0.243 e. The minimum Gasteiger partial charge on any atom is -0.352 e. The van der Waals surface area contributed by atoms with E-state index in [1.165, 1.54) is 11.2 Å². The van der Waals surface area contributed by atoms with Gasteiger partial charge >= 0.3 is 0 Å². The summed E-state index contributed by atoms with van der Waals surface area (Å²) in [6.07, 6.45) is 2.22. The van der Waals surface area contributed by atoms with Gasteiger partial charge in [0.15, 0.2) is 5.72 Å². The average Bonchev–Trinajstić information content (AvgIpc) is 3.31. The van der Waals surface area contributed by atoms with Crippen LogP contribution >= 0.6 is 0 Å². The molecule has 8 nitrogen and oxygen atoms in total. The fraction of sp³-hybridized carbons (Fsp3) is 0.579. The summed E-state index contributed by atoms with van der Waals surface area (Å²) < 4.78 is 34.2. The third kappa shape index (κ3) is 2.33. The maximum absolute atomic E-state index is 13.4. The lowest BCUT2D eigenvalue weighted by Crippen LogP contribution is -2.48. The van der Waals surface area contributed by atoms with E-state index in [2.05, 4.69) is 0 Å². The number of carbonyl (C=O) groups is 2. The highest BCUT2D eigenvalue weighted by molar-refractivity contribution is 7.89. The first-order valence-electron chi connectivity index (χ1n) is 9.72. The zero-order valence-corrected chi connectivity index (χ0v) is 16.6. The van der Waals surface area contributed by atoms with E-state index in [-0.39, 0.29) is 23.1 Å². The zero-order chi connectivity index (χ0) is 19.7. The van der Waals surface area contributed by atoms with Crippen molar-refractivity contribution in [2.45, 2.75) is 49.3 Å². The third-order valence-corrected chi connectivity index (χ3v) is 8.41. The number of benzene rings is 1. The summed E-state index contributed by atoms with van der Waals surface area (Å²) >= 11 is 0. The van der Waals surface area contributed by atoms with Crippen LogP contribution in [-0.4, -0.2) is 67.4 Å². The predicted octanol–water partition coefficient (Wildman–Crippen LogP) is 0.708. The Labute approximate surface area is 164 Å². The lowest BCUT2D eigenvalue weighted by atomic mass is 10.0. The second-order valence-electron chi connectivity index (χ2n) is 7.89. The standard InChI is InChI=1S/C19H23N3O5S/c1-13(23)20-7-2-3-14-11-15(4-5-16(14)20)28(25,26)22-8-6-19-17(22)12-18(24)21(19)9-10-27-19/h4-5,11,17H,2-3,6-10,12H2,1H3/t17-,19+/m1/s1. The number of fused-ring (bicyclic) bond motifs is 1. The molecule has 2 amide bonds. The van der Waals surface area contributed by atoms with Crippen molar-refractivity contribution in [3.63, 3.8) is 0 Å². The molecule has 1 spiro atoms. The molecule has 0 saturated carbocycles. The number of hydrogen-bond acceptors (Lipinski definition) is 5. The fourth-order valence-corrected chi connectivity index (χ4v) is 6.95. The van der Waals surface area contributed by atoms with Gasteiger partial charge in [0.25, 0.3) is 0 Å². The number of carbonyl (C=O) groups excluding carboxylic acids is 2. The number of aryl methyl sites for hydroxylation is 1. The van der Waals surface area contributed by atoms with Gasteiger partial charge in [-0.3, -0.25) is 9.59 Å². The van der Waals surface area contributed by atoms with E-state index < -0.39 is 21.8 Å². The molecule has 1 aromatic rings. The Morgan fingerprint density at radius 3 is 2.86 bits per heavy atom. The lowest BCUT2D eigenvalue weighted by Gasteiger charge is -2.32. The molecule has 3 saturated heterocycles. The minimum atomic E-state index is -3.76. The van der Waals surface area contributed by atoms with Crippen LogP contribution in [0.15, 0.2) is 23.1 Å². The quantitative estimate of drug-likeness (QED) is 0.723. The second kappa shape index (κ2) is 6.01. The van der Waals surface area contributed by atoms with Crippen LogP contribution in [0.2, 0.25) is 0 Å². The maximum atomic E-state index is 13.4. The molecular weight excluding hydrogens is 382 g/mol. The molecular formula is C19H23N3O5S. The predicted molar refractivity (Wildman–Crippen MR) is 100 cm³/mol. The SMILES string of the molecule is CC(=O)N1CCCc2cc(S(=O)(=O)N3CC[C@@]45OCCN4C(=O)C[C@@H]35)ccc21. The van der Waals surface area contributed by atoms with E-state index in [0.717, 1.165) is 24.1 Å². The van der Waals surface area contributed by atoms with Gasteiger partial charge in [0.2, 0.25) is 21.8 Å². The van der Waals surface area contributed by atoms with E-state index in [1.807, 2.05) is 0 Å². The lowest BCUT2D eigenvalue weighted by molar-refractivity contribution is -0.136. The van der Waals surface area contributed by atoms with Crippen molar-refractivity contribution in [3.8, 4) is 0 Å². The Bertz CT molecular complexity index is 978. The number of anilines is 1. The summed E-state index contributed by atoms with van der Waals surface area (Å²) in [7, 11) is -3.76. The van der Waals surface area contributed by atoms with Crippen LogP contribution in [0.4, 0.5) is 5.69 Å². The monoisotopic (exact) mass is 405 g/mol. The summed E-state index contributed by atoms with van der Waals surface area (Å²) in [5.41, 5.74) is 0.874. The van der Waals surface area contributed by atoms with Gasteiger partial charge in [0, 0.05) is 45.1 Å². The van der Waals surface area contributed by atoms with Crippen LogP contribution in [0.1, 0.15) is 31.7 Å². The van der Waals surface area contributed by atoms with Gasteiger partial charge in [0.05, 0.1) is 17.5 Å². The van der Waals surface area contributed by atoms with Crippen LogP contribution < -0.4 is 4.90 Å². The number of ether oxygens (including phenoxy) is 1. The Hall–Kier alpha value is -1.97. The molecule has 4 heterocycles. The van der Waals surface area contributed by atoms with Gasteiger partial charge < -0.3 is 14.5 Å². The number of amides is 2. The van der Waals surface area contributed by atoms with Gasteiger partial charge in [-0.2, -0.15) is 4.31 Å². The molecule has 0 N–H and O–H groups in total. The van der Waals surface area contributed by atoms with Crippen molar-refractivity contribution in [3.05, 3.63) is 23.8 Å². The van der Waals surface area contributed by atoms with Crippen molar-refractivity contribution >= 4 is 27.5 Å². The van der Waals surface area contributed by atoms with Crippen LogP contribution in [0.25, 0.3) is 0 Å². The molecule has 150 valence electrons. The first-order valence-corrected chi connectivity index (χ1v) is 11.2. The van der Waals surface area contributed by atoms with Gasteiger partial charge in [-0.25, -0.2) is 8.42 Å². The molecule has 3 fully saturated rings.